The van der Waals surface area contributed by atoms with E-state index in [1.165, 1.54) is 18.2 Å². The van der Waals surface area contributed by atoms with Gasteiger partial charge >= 0.3 is 0 Å². The molecule has 2 heteroatoms. The Labute approximate surface area is 104 Å². The van der Waals surface area contributed by atoms with E-state index in [0.29, 0.717) is 5.56 Å². The van der Waals surface area contributed by atoms with Gasteiger partial charge in [-0.2, -0.15) is 0 Å². The summed E-state index contributed by atoms with van der Waals surface area (Å²) in [5.74, 6) is -0.341. The SMILES string of the molecule is [O]c1ccc(-c2c(F)ccc3ccccc23)cc1. The Morgan fingerprint density at radius 3 is 2.28 bits per heavy atom. The number of fused-ring (bicyclic) bond motifs is 1. The fourth-order valence-corrected chi connectivity index (χ4v) is 2.16. The molecule has 3 aromatic rings. The molecular weight excluding hydrogens is 227 g/mol. The van der Waals surface area contributed by atoms with Crippen molar-refractivity contribution in [3.8, 4) is 16.9 Å². The van der Waals surface area contributed by atoms with Crippen LogP contribution in [0.1, 0.15) is 0 Å². The van der Waals surface area contributed by atoms with Gasteiger partial charge in [0, 0.05) is 5.56 Å². The molecule has 0 spiro atoms. The minimum absolute atomic E-state index is 0.0700. The molecular formula is C16H10FO. The zero-order chi connectivity index (χ0) is 12.5. The maximum Gasteiger partial charge on any atom is 0.178 e. The van der Waals surface area contributed by atoms with Crippen LogP contribution in [-0.4, -0.2) is 0 Å². The van der Waals surface area contributed by atoms with Crippen molar-refractivity contribution in [3.05, 3.63) is 66.5 Å². The van der Waals surface area contributed by atoms with E-state index in [1.807, 2.05) is 24.3 Å². The molecule has 0 heterocycles. The summed E-state index contributed by atoms with van der Waals surface area (Å²) in [4.78, 5) is 0. The molecule has 0 aliphatic carbocycles. The van der Waals surface area contributed by atoms with Gasteiger partial charge in [-0.25, -0.2) is 4.39 Å². The quantitative estimate of drug-likeness (QED) is 0.580. The summed E-state index contributed by atoms with van der Waals surface area (Å²) in [6, 6.07) is 17.1. The number of benzene rings is 3. The predicted molar refractivity (Wildman–Crippen MR) is 69.5 cm³/mol. The van der Waals surface area contributed by atoms with Gasteiger partial charge in [-0.05, 0) is 34.5 Å². The minimum atomic E-state index is -0.271. The van der Waals surface area contributed by atoms with E-state index < -0.39 is 0 Å². The van der Waals surface area contributed by atoms with Crippen molar-refractivity contribution in [2.75, 3.05) is 0 Å². The van der Waals surface area contributed by atoms with Crippen LogP contribution in [0.2, 0.25) is 0 Å². The first-order chi connectivity index (χ1) is 8.75. The van der Waals surface area contributed by atoms with Crippen molar-refractivity contribution in [2.24, 2.45) is 0 Å². The maximum absolute atomic E-state index is 14.0. The number of rotatable bonds is 1. The first-order valence-corrected chi connectivity index (χ1v) is 5.70. The van der Waals surface area contributed by atoms with Gasteiger partial charge in [-0.15, -0.1) is 0 Å². The summed E-state index contributed by atoms with van der Waals surface area (Å²) in [5, 5.41) is 13.0. The highest BCUT2D eigenvalue weighted by molar-refractivity contribution is 5.96. The molecule has 0 atom stereocenters. The van der Waals surface area contributed by atoms with Crippen LogP contribution in [0.3, 0.4) is 0 Å². The van der Waals surface area contributed by atoms with Gasteiger partial charge in [0.25, 0.3) is 0 Å². The van der Waals surface area contributed by atoms with Gasteiger partial charge in [-0.1, -0.05) is 42.5 Å². The van der Waals surface area contributed by atoms with E-state index in [9.17, 15) is 9.50 Å². The molecule has 0 aromatic heterocycles. The van der Waals surface area contributed by atoms with E-state index in [0.717, 1.165) is 16.3 Å². The van der Waals surface area contributed by atoms with Gasteiger partial charge in [0.15, 0.2) is 5.75 Å². The van der Waals surface area contributed by atoms with E-state index in [4.69, 9.17) is 0 Å². The normalized spacial score (nSPS) is 10.7. The Morgan fingerprint density at radius 2 is 1.50 bits per heavy atom. The van der Waals surface area contributed by atoms with Gasteiger partial charge in [0.2, 0.25) is 0 Å². The molecule has 3 aromatic carbocycles. The average Bonchev–Trinajstić information content (AvgIpc) is 2.40. The van der Waals surface area contributed by atoms with Crippen LogP contribution >= 0.6 is 0 Å². The highest BCUT2D eigenvalue weighted by atomic mass is 19.1. The summed E-state index contributed by atoms with van der Waals surface area (Å²) in [6.45, 7) is 0. The lowest BCUT2D eigenvalue weighted by Gasteiger charge is -2.08. The van der Waals surface area contributed by atoms with Crippen molar-refractivity contribution in [1.29, 1.82) is 0 Å². The highest BCUT2D eigenvalue weighted by Gasteiger charge is 2.09. The summed E-state index contributed by atoms with van der Waals surface area (Å²) < 4.78 is 14.0. The van der Waals surface area contributed by atoms with Crippen molar-refractivity contribution in [1.82, 2.24) is 0 Å². The molecule has 0 unspecified atom stereocenters. The third kappa shape index (κ3) is 1.72. The molecule has 0 N–H and O–H groups in total. The lowest BCUT2D eigenvalue weighted by Crippen LogP contribution is -1.86. The zero-order valence-corrected chi connectivity index (χ0v) is 9.56. The van der Waals surface area contributed by atoms with Crippen molar-refractivity contribution >= 4 is 10.8 Å². The van der Waals surface area contributed by atoms with Crippen LogP contribution in [0.5, 0.6) is 5.75 Å². The molecule has 3 rings (SSSR count). The topological polar surface area (TPSA) is 19.9 Å². The van der Waals surface area contributed by atoms with E-state index in [1.54, 1.807) is 18.2 Å². The van der Waals surface area contributed by atoms with Crippen LogP contribution in [0.4, 0.5) is 4.39 Å². The fourth-order valence-electron chi connectivity index (χ4n) is 2.16. The van der Waals surface area contributed by atoms with E-state index >= 15 is 0 Å². The Balaban J connectivity index is 2.33. The molecule has 18 heavy (non-hydrogen) atoms. The number of hydrogen-bond donors (Lipinski definition) is 0. The van der Waals surface area contributed by atoms with Gasteiger partial charge in [-0.3, -0.25) is 5.11 Å². The third-order valence-corrected chi connectivity index (χ3v) is 3.02. The average molecular weight is 237 g/mol. The summed E-state index contributed by atoms with van der Waals surface area (Å²) in [7, 11) is 0. The monoisotopic (exact) mass is 237 g/mol. The Bertz CT molecular complexity index is 702. The van der Waals surface area contributed by atoms with Crippen molar-refractivity contribution in [2.45, 2.75) is 0 Å². The molecule has 0 saturated carbocycles. The molecule has 0 saturated heterocycles. The molecule has 0 aliphatic rings. The van der Waals surface area contributed by atoms with Crippen LogP contribution in [-0.2, 0) is 5.11 Å². The van der Waals surface area contributed by atoms with Crippen LogP contribution in [0, 0.1) is 5.82 Å². The molecule has 1 radical (unpaired) electrons. The Hall–Kier alpha value is -2.35. The predicted octanol–water partition coefficient (Wildman–Crippen LogP) is 4.79. The highest BCUT2D eigenvalue weighted by Crippen LogP contribution is 2.32. The van der Waals surface area contributed by atoms with E-state index in [2.05, 4.69) is 0 Å². The largest absolute Gasteiger partial charge is 0.290 e. The third-order valence-electron chi connectivity index (χ3n) is 3.02. The summed E-state index contributed by atoms with van der Waals surface area (Å²) >= 11 is 0. The lowest BCUT2D eigenvalue weighted by atomic mass is 9.98. The molecule has 0 fully saturated rings. The zero-order valence-electron chi connectivity index (χ0n) is 9.56. The molecule has 0 bridgehead atoms. The minimum Gasteiger partial charge on any atom is -0.290 e. The maximum atomic E-state index is 14.0. The fraction of sp³-hybridized carbons (Fsp3) is 0. The molecule has 87 valence electrons. The van der Waals surface area contributed by atoms with Gasteiger partial charge < -0.3 is 0 Å². The molecule has 0 aliphatic heterocycles. The second kappa shape index (κ2) is 4.15. The standard InChI is InChI=1S/C16H10FO/c17-15-10-7-11-3-1-2-4-14(11)16(15)12-5-8-13(18)9-6-12/h1-10H. The Morgan fingerprint density at radius 1 is 0.778 bits per heavy atom. The smallest absolute Gasteiger partial charge is 0.178 e. The second-order valence-electron chi connectivity index (χ2n) is 4.17. The van der Waals surface area contributed by atoms with Crippen LogP contribution in [0.15, 0.2) is 60.7 Å². The van der Waals surface area contributed by atoms with Crippen LogP contribution in [0.25, 0.3) is 21.9 Å². The summed E-state index contributed by atoms with van der Waals surface area (Å²) in [5.41, 5.74) is 1.28. The van der Waals surface area contributed by atoms with Gasteiger partial charge in [0.05, 0.1) is 0 Å². The molecule has 0 amide bonds. The van der Waals surface area contributed by atoms with Crippen LogP contribution < -0.4 is 0 Å². The number of hydrogen-bond acceptors (Lipinski definition) is 0. The first-order valence-electron chi connectivity index (χ1n) is 5.70. The van der Waals surface area contributed by atoms with E-state index in [-0.39, 0.29) is 11.6 Å². The van der Waals surface area contributed by atoms with Gasteiger partial charge in [0.1, 0.15) is 5.82 Å². The van der Waals surface area contributed by atoms with Crippen molar-refractivity contribution in [3.63, 3.8) is 0 Å². The lowest BCUT2D eigenvalue weighted by molar-refractivity contribution is 0.355. The second-order valence-corrected chi connectivity index (χ2v) is 4.17. The van der Waals surface area contributed by atoms with Crippen molar-refractivity contribution < 1.29 is 9.50 Å². The summed E-state index contributed by atoms with van der Waals surface area (Å²) in [6.07, 6.45) is 0. The first kappa shape index (κ1) is 10.8. The molecule has 1 nitrogen and oxygen atoms in total. The Kier molecular flexibility index (Phi) is 2.49. The number of halogens is 1.